The van der Waals surface area contributed by atoms with E-state index in [1.807, 2.05) is 0 Å². The lowest BCUT2D eigenvalue weighted by molar-refractivity contribution is 0.0999. The van der Waals surface area contributed by atoms with Gasteiger partial charge >= 0.3 is 0 Å². The van der Waals surface area contributed by atoms with Crippen LogP contribution in [-0.4, -0.2) is 13.0 Å². The maximum Gasteiger partial charge on any atom is 0.248 e. The Morgan fingerprint density at radius 3 is 2.45 bits per heavy atom. The number of nitrogen functional groups attached to an aromatic ring is 1. The number of amides is 1. The molecule has 0 fully saturated rings. The monoisotopic (exact) mass is 336 g/mol. The third kappa shape index (κ3) is 3.21. The molecule has 0 unspecified atom stereocenters. The molecule has 0 aliphatic rings. The van der Waals surface area contributed by atoms with Crippen LogP contribution in [0.3, 0.4) is 0 Å². The Labute approximate surface area is 124 Å². The first kappa shape index (κ1) is 14.2. The van der Waals surface area contributed by atoms with E-state index >= 15 is 0 Å². The number of rotatable bonds is 4. The first-order valence-electron chi connectivity index (χ1n) is 5.71. The van der Waals surface area contributed by atoms with Crippen molar-refractivity contribution in [2.75, 3.05) is 12.8 Å². The number of carbonyl (C=O) groups is 1. The molecule has 5 nitrogen and oxygen atoms in total. The average molecular weight is 337 g/mol. The Balaban J connectivity index is 2.37. The maximum absolute atomic E-state index is 11.3. The second kappa shape index (κ2) is 5.83. The van der Waals surface area contributed by atoms with E-state index in [1.54, 1.807) is 36.4 Å². The van der Waals surface area contributed by atoms with Gasteiger partial charge in [0.15, 0.2) is 0 Å². The molecule has 0 spiro atoms. The largest absolute Gasteiger partial charge is 0.497 e. The van der Waals surface area contributed by atoms with Crippen LogP contribution in [0.15, 0.2) is 40.9 Å². The lowest BCUT2D eigenvalue weighted by atomic mass is 10.2. The van der Waals surface area contributed by atoms with Crippen LogP contribution in [-0.2, 0) is 0 Å². The van der Waals surface area contributed by atoms with E-state index in [9.17, 15) is 4.79 Å². The number of methoxy groups -OCH3 is 1. The van der Waals surface area contributed by atoms with Crippen LogP contribution in [0.25, 0.3) is 0 Å². The minimum Gasteiger partial charge on any atom is -0.497 e. The normalized spacial score (nSPS) is 10.1. The lowest BCUT2D eigenvalue weighted by Crippen LogP contribution is -2.11. The van der Waals surface area contributed by atoms with Crippen molar-refractivity contribution in [3.05, 3.63) is 46.4 Å². The van der Waals surface area contributed by atoms with Gasteiger partial charge in [-0.2, -0.15) is 0 Å². The Morgan fingerprint density at radius 1 is 1.15 bits per heavy atom. The predicted octanol–water partition coefficient (Wildman–Crippen LogP) is 2.93. The molecule has 0 aliphatic heterocycles. The summed E-state index contributed by atoms with van der Waals surface area (Å²) >= 11 is 3.36. The molecule has 2 aromatic rings. The summed E-state index contributed by atoms with van der Waals surface area (Å²) < 4.78 is 11.5. The molecule has 104 valence electrons. The van der Waals surface area contributed by atoms with Crippen LogP contribution in [0.4, 0.5) is 5.69 Å². The highest BCUT2D eigenvalue weighted by molar-refractivity contribution is 9.10. The fourth-order valence-electron chi connectivity index (χ4n) is 1.62. The Kier molecular flexibility index (Phi) is 4.14. The summed E-state index contributed by atoms with van der Waals surface area (Å²) in [6.07, 6.45) is 0. The molecule has 0 radical (unpaired) electrons. The zero-order valence-electron chi connectivity index (χ0n) is 10.7. The molecule has 0 atom stereocenters. The van der Waals surface area contributed by atoms with Gasteiger partial charge in [0.1, 0.15) is 17.2 Å². The van der Waals surface area contributed by atoms with E-state index in [4.69, 9.17) is 20.9 Å². The van der Waals surface area contributed by atoms with E-state index in [2.05, 4.69) is 15.9 Å². The molecule has 6 heteroatoms. The van der Waals surface area contributed by atoms with Gasteiger partial charge in [-0.05, 0) is 46.3 Å². The highest BCUT2D eigenvalue weighted by atomic mass is 79.9. The molecule has 1 amide bonds. The maximum atomic E-state index is 11.3. The van der Waals surface area contributed by atoms with Crippen molar-refractivity contribution in [3.63, 3.8) is 0 Å². The van der Waals surface area contributed by atoms with Gasteiger partial charge in [0.05, 0.1) is 11.6 Å². The number of nitrogens with two attached hydrogens (primary N) is 2. The molecule has 0 saturated heterocycles. The van der Waals surface area contributed by atoms with Crippen molar-refractivity contribution in [2.45, 2.75) is 0 Å². The summed E-state index contributed by atoms with van der Waals surface area (Å²) in [6, 6.07) is 9.93. The third-order valence-electron chi connectivity index (χ3n) is 2.58. The fraction of sp³-hybridized carbons (Fsp3) is 0.0714. The van der Waals surface area contributed by atoms with Crippen LogP contribution in [0.5, 0.6) is 17.2 Å². The summed E-state index contributed by atoms with van der Waals surface area (Å²) in [4.78, 5) is 11.3. The van der Waals surface area contributed by atoms with Gasteiger partial charge in [0.25, 0.3) is 0 Å². The second-order valence-electron chi connectivity index (χ2n) is 4.05. The number of ether oxygens (including phenoxy) is 2. The minimum atomic E-state index is -0.551. The van der Waals surface area contributed by atoms with Gasteiger partial charge in [-0.3, -0.25) is 4.79 Å². The predicted molar refractivity (Wildman–Crippen MR) is 80.1 cm³/mol. The van der Waals surface area contributed by atoms with Crippen LogP contribution < -0.4 is 20.9 Å². The van der Waals surface area contributed by atoms with E-state index in [-0.39, 0.29) is 0 Å². The van der Waals surface area contributed by atoms with Gasteiger partial charge in [0.2, 0.25) is 5.91 Å². The number of carbonyl (C=O) groups excluding carboxylic acids is 1. The molecule has 2 aromatic carbocycles. The van der Waals surface area contributed by atoms with Gasteiger partial charge in [-0.15, -0.1) is 0 Å². The molecule has 0 aliphatic carbocycles. The van der Waals surface area contributed by atoms with E-state index < -0.39 is 5.91 Å². The molecule has 4 N–H and O–H groups in total. The first-order valence-corrected chi connectivity index (χ1v) is 6.50. The zero-order valence-corrected chi connectivity index (χ0v) is 12.3. The van der Waals surface area contributed by atoms with Crippen molar-refractivity contribution in [2.24, 2.45) is 5.73 Å². The average Bonchev–Trinajstić information content (AvgIpc) is 2.41. The number of hydrogen-bond acceptors (Lipinski definition) is 4. The highest BCUT2D eigenvalue weighted by Gasteiger charge is 2.09. The molecule has 20 heavy (non-hydrogen) atoms. The van der Waals surface area contributed by atoms with Gasteiger partial charge in [-0.25, -0.2) is 0 Å². The molecule has 0 bridgehead atoms. The lowest BCUT2D eigenvalue weighted by Gasteiger charge is -2.11. The standard InChI is InChI=1S/C14H13BrN2O3/c1-19-10-4-8(14(17)18)5-11(7-10)20-13-3-2-9(16)6-12(13)15/h2-7H,16H2,1H3,(H2,17,18). The van der Waals surface area contributed by atoms with E-state index in [0.29, 0.717) is 33.0 Å². The summed E-state index contributed by atoms with van der Waals surface area (Å²) in [5, 5.41) is 0. The molecule has 2 rings (SSSR count). The summed E-state index contributed by atoms with van der Waals surface area (Å²) in [5.41, 5.74) is 11.9. The smallest absolute Gasteiger partial charge is 0.248 e. The van der Waals surface area contributed by atoms with Gasteiger partial charge in [-0.1, -0.05) is 0 Å². The molecule has 0 aromatic heterocycles. The van der Waals surface area contributed by atoms with Crippen LogP contribution in [0.1, 0.15) is 10.4 Å². The van der Waals surface area contributed by atoms with Crippen LogP contribution >= 0.6 is 15.9 Å². The molecular formula is C14H13BrN2O3. The van der Waals surface area contributed by atoms with E-state index in [1.165, 1.54) is 7.11 Å². The third-order valence-corrected chi connectivity index (χ3v) is 3.20. The van der Waals surface area contributed by atoms with Crippen LogP contribution in [0.2, 0.25) is 0 Å². The van der Waals surface area contributed by atoms with Crippen molar-refractivity contribution in [1.29, 1.82) is 0 Å². The van der Waals surface area contributed by atoms with Crippen molar-refractivity contribution in [3.8, 4) is 17.2 Å². The number of primary amides is 1. The summed E-state index contributed by atoms with van der Waals surface area (Å²) in [5.74, 6) is 0.958. The Hall–Kier alpha value is -2.21. The van der Waals surface area contributed by atoms with E-state index in [0.717, 1.165) is 0 Å². The number of benzene rings is 2. The summed E-state index contributed by atoms with van der Waals surface area (Å²) in [7, 11) is 1.50. The van der Waals surface area contributed by atoms with Crippen LogP contribution in [0, 0.1) is 0 Å². The number of halogens is 1. The van der Waals surface area contributed by atoms with Gasteiger partial charge < -0.3 is 20.9 Å². The molecular weight excluding hydrogens is 324 g/mol. The first-order chi connectivity index (χ1) is 9.49. The SMILES string of the molecule is COc1cc(Oc2ccc(N)cc2Br)cc(C(N)=O)c1. The van der Waals surface area contributed by atoms with Crippen molar-refractivity contribution in [1.82, 2.24) is 0 Å². The topological polar surface area (TPSA) is 87.6 Å². The number of anilines is 1. The zero-order chi connectivity index (χ0) is 14.7. The molecule has 0 saturated carbocycles. The van der Waals surface area contributed by atoms with Crippen molar-refractivity contribution < 1.29 is 14.3 Å². The van der Waals surface area contributed by atoms with Gasteiger partial charge in [0, 0.05) is 17.3 Å². The second-order valence-corrected chi connectivity index (χ2v) is 4.91. The van der Waals surface area contributed by atoms with Crippen molar-refractivity contribution >= 4 is 27.5 Å². The fourth-order valence-corrected chi connectivity index (χ4v) is 2.10. The Morgan fingerprint density at radius 2 is 1.85 bits per heavy atom. The quantitative estimate of drug-likeness (QED) is 0.840. The highest BCUT2D eigenvalue weighted by Crippen LogP contribution is 2.33. The minimum absolute atomic E-state index is 0.311. The molecule has 0 heterocycles. The Bertz CT molecular complexity index is 659. The number of hydrogen-bond donors (Lipinski definition) is 2. The summed E-state index contributed by atoms with van der Waals surface area (Å²) in [6.45, 7) is 0.